The molecule has 3 aliphatic rings. The third-order valence-electron chi connectivity index (χ3n) is 17.5. The highest BCUT2D eigenvalue weighted by Gasteiger charge is 2.39. The van der Waals surface area contributed by atoms with Gasteiger partial charge in [-0.3, -0.25) is 0 Å². The van der Waals surface area contributed by atoms with Crippen LogP contribution in [0.5, 0.6) is 0 Å². The van der Waals surface area contributed by atoms with E-state index >= 15 is 0 Å². The molecule has 0 saturated heterocycles. The lowest BCUT2D eigenvalue weighted by Crippen LogP contribution is -2.16. The molecule has 14 rings (SSSR count). The summed E-state index contributed by atoms with van der Waals surface area (Å²) >= 11 is 0. The van der Waals surface area contributed by atoms with Crippen LogP contribution in [-0.2, 0) is 16.2 Å². The highest BCUT2D eigenvalue weighted by molar-refractivity contribution is 5.93. The first-order valence-corrected chi connectivity index (χ1v) is 26.7. The van der Waals surface area contributed by atoms with Crippen molar-refractivity contribution < 1.29 is 0 Å². The van der Waals surface area contributed by atoms with E-state index in [0.717, 1.165) is 0 Å². The van der Waals surface area contributed by atoms with Crippen LogP contribution in [0.15, 0.2) is 243 Å². The minimum atomic E-state index is -0.172. The summed E-state index contributed by atoms with van der Waals surface area (Å²) in [5, 5.41) is 0. The Labute approximate surface area is 442 Å². The summed E-state index contributed by atoms with van der Waals surface area (Å²) in [6.45, 7) is 14.5. The largest absolute Gasteiger partial charge is 0.0622 e. The maximum absolute atomic E-state index is 2.48. The highest BCUT2D eigenvalue weighted by Crippen LogP contribution is 2.55. The van der Waals surface area contributed by atoms with Crippen LogP contribution in [-0.4, -0.2) is 0 Å². The molecule has 0 atom stereocenters. The third-order valence-corrected chi connectivity index (χ3v) is 17.5. The highest BCUT2D eigenvalue weighted by atomic mass is 14.4. The average molecular weight is 959 g/mol. The molecule has 0 heterocycles. The van der Waals surface area contributed by atoms with Crippen molar-refractivity contribution in [1.29, 1.82) is 0 Å². The monoisotopic (exact) mass is 958 g/mol. The average Bonchev–Trinajstić information content (AvgIpc) is 4.05. The van der Waals surface area contributed by atoms with Gasteiger partial charge in [0.05, 0.1) is 0 Å². The van der Waals surface area contributed by atoms with E-state index in [0.29, 0.717) is 0 Å². The number of fused-ring (bicyclic) bond motifs is 9. The first-order chi connectivity index (χ1) is 36.4. The van der Waals surface area contributed by atoms with Crippen LogP contribution in [0.2, 0.25) is 0 Å². The molecule has 0 fully saturated rings. The molecule has 0 heteroatoms. The van der Waals surface area contributed by atoms with Gasteiger partial charge in [0.1, 0.15) is 0 Å². The second-order valence-electron chi connectivity index (χ2n) is 22.8. The van der Waals surface area contributed by atoms with Crippen molar-refractivity contribution in [2.75, 3.05) is 0 Å². The van der Waals surface area contributed by atoms with Crippen LogP contribution in [0.3, 0.4) is 0 Å². The normalized spacial score (nSPS) is 14.6. The Morgan fingerprint density at radius 1 is 0.160 bits per heavy atom. The van der Waals surface area contributed by atoms with E-state index in [1.807, 2.05) is 0 Å². The lowest BCUT2D eigenvalue weighted by atomic mass is 9.79. The second-order valence-corrected chi connectivity index (χ2v) is 22.8. The molecule has 0 spiro atoms. The van der Waals surface area contributed by atoms with Gasteiger partial charge < -0.3 is 0 Å². The van der Waals surface area contributed by atoms with Gasteiger partial charge in [0.15, 0.2) is 0 Å². The van der Waals surface area contributed by atoms with Gasteiger partial charge in [0.25, 0.3) is 0 Å². The van der Waals surface area contributed by atoms with Crippen molar-refractivity contribution in [1.82, 2.24) is 0 Å². The molecule has 0 bridgehead atoms. The van der Waals surface area contributed by atoms with Gasteiger partial charge in [-0.15, -0.1) is 0 Å². The first kappa shape index (κ1) is 45.1. The third kappa shape index (κ3) is 7.03. The summed E-state index contributed by atoms with van der Waals surface area (Å²) in [7, 11) is 0. The Bertz CT molecular complexity index is 4120. The van der Waals surface area contributed by atoms with Crippen LogP contribution in [0.1, 0.15) is 74.9 Å². The Morgan fingerprint density at radius 2 is 0.387 bits per heavy atom. The molecule has 0 aliphatic heterocycles. The van der Waals surface area contributed by atoms with Crippen LogP contribution in [0.4, 0.5) is 0 Å². The van der Waals surface area contributed by atoms with Gasteiger partial charge in [-0.1, -0.05) is 242 Å². The number of rotatable bonds is 7. The Morgan fingerprint density at radius 3 is 0.733 bits per heavy atom. The minimum absolute atomic E-state index is 0.150. The molecule has 0 saturated carbocycles. The molecule has 358 valence electrons. The van der Waals surface area contributed by atoms with E-state index in [1.165, 1.54) is 145 Å². The second kappa shape index (κ2) is 16.7. The fourth-order valence-corrected chi connectivity index (χ4v) is 13.4. The van der Waals surface area contributed by atoms with E-state index in [4.69, 9.17) is 0 Å². The molecule has 0 radical (unpaired) electrons. The molecular weight excluding hydrogens is 901 g/mol. The molecule has 0 N–H and O–H groups in total. The van der Waals surface area contributed by atoms with Gasteiger partial charge in [-0.2, -0.15) is 0 Å². The van der Waals surface area contributed by atoms with E-state index in [2.05, 4.69) is 284 Å². The predicted octanol–water partition coefficient (Wildman–Crippen LogP) is 20.3. The zero-order valence-corrected chi connectivity index (χ0v) is 43.6. The lowest BCUT2D eigenvalue weighted by molar-refractivity contribution is 0.659. The predicted molar refractivity (Wildman–Crippen MR) is 317 cm³/mol. The van der Waals surface area contributed by atoms with E-state index in [-0.39, 0.29) is 16.2 Å². The molecule has 3 aliphatic carbocycles. The molecule has 0 aromatic heterocycles. The zero-order valence-electron chi connectivity index (χ0n) is 43.6. The smallest absolute Gasteiger partial charge is 0.0159 e. The number of hydrogen-bond donors (Lipinski definition) is 0. The van der Waals surface area contributed by atoms with Crippen molar-refractivity contribution >= 4 is 0 Å². The molecule has 0 amide bonds. The summed E-state index contributed by atoms with van der Waals surface area (Å²) in [6.07, 6.45) is 0. The van der Waals surface area contributed by atoms with Crippen molar-refractivity contribution in [3.05, 3.63) is 276 Å². The molecule has 0 nitrogen and oxygen atoms in total. The van der Waals surface area contributed by atoms with Crippen molar-refractivity contribution in [3.8, 4) is 111 Å². The fraction of sp³-hybridized carbons (Fsp3) is 0.120. The van der Waals surface area contributed by atoms with E-state index in [1.54, 1.807) is 0 Å². The van der Waals surface area contributed by atoms with Crippen molar-refractivity contribution in [2.45, 2.75) is 57.8 Å². The standard InChI is InChI=1S/C75H58/c1-73(2)67-41-50(52-30-36-63-65-38-32-55(45-71(65)74(3,4)69(63)43-52)59-26-14-13-24-57(59)48-20-11-8-12-21-48)28-34-61(67)62-35-29-51(42-68(62)73)53-31-37-64-66-39-33-56(46-72(66)75(5,6)70(64)44-53)60-27-16-15-25-58(60)54-23-17-22-49(40-54)47-18-9-7-10-19-47/h7-46H,1-6H3. The minimum Gasteiger partial charge on any atom is -0.0622 e. The maximum atomic E-state index is 2.48. The summed E-state index contributed by atoms with van der Waals surface area (Å²) in [4.78, 5) is 0. The van der Waals surface area contributed by atoms with Gasteiger partial charge in [0.2, 0.25) is 0 Å². The maximum Gasteiger partial charge on any atom is 0.0159 e. The summed E-state index contributed by atoms with van der Waals surface area (Å²) in [6, 6.07) is 91.2. The summed E-state index contributed by atoms with van der Waals surface area (Å²) in [5.74, 6) is 0. The van der Waals surface area contributed by atoms with Crippen molar-refractivity contribution in [3.63, 3.8) is 0 Å². The van der Waals surface area contributed by atoms with Gasteiger partial charge in [0, 0.05) is 16.2 Å². The Balaban J connectivity index is 0.748. The SMILES string of the molecule is CC1(C)c2cc(-c3ccc4c(c3)C(C)(C)c3cc(-c5ccccc5-c5ccccc5)ccc3-4)ccc2-c2ccc(-c3ccc4c(c3)C(C)(C)c3cc(-c5ccccc5-c5cccc(-c6ccccc6)c5)ccc3-4)cc21. The molecular formula is C75H58. The van der Waals surface area contributed by atoms with Crippen LogP contribution in [0.25, 0.3) is 111 Å². The number of benzene rings is 11. The quantitative estimate of drug-likeness (QED) is 0.149. The molecule has 75 heavy (non-hydrogen) atoms. The van der Waals surface area contributed by atoms with Crippen molar-refractivity contribution in [2.24, 2.45) is 0 Å². The van der Waals surface area contributed by atoms with E-state index in [9.17, 15) is 0 Å². The Hall–Kier alpha value is -8.58. The summed E-state index contributed by atoms with van der Waals surface area (Å²) < 4.78 is 0. The van der Waals surface area contributed by atoms with E-state index < -0.39 is 0 Å². The summed E-state index contributed by atoms with van der Waals surface area (Å²) in [5.41, 5.74) is 33.4. The van der Waals surface area contributed by atoms with Crippen LogP contribution >= 0.6 is 0 Å². The first-order valence-electron chi connectivity index (χ1n) is 26.7. The zero-order chi connectivity index (χ0) is 50.8. The molecule has 11 aromatic carbocycles. The Kier molecular flexibility index (Phi) is 10.0. The molecule has 0 unspecified atom stereocenters. The lowest BCUT2D eigenvalue weighted by Gasteiger charge is -2.24. The van der Waals surface area contributed by atoms with Gasteiger partial charge in [-0.25, -0.2) is 0 Å². The topological polar surface area (TPSA) is 0 Å². The van der Waals surface area contributed by atoms with Gasteiger partial charge in [-0.05, 0) is 187 Å². The number of hydrogen-bond acceptors (Lipinski definition) is 0. The van der Waals surface area contributed by atoms with Crippen LogP contribution < -0.4 is 0 Å². The fourth-order valence-electron chi connectivity index (χ4n) is 13.4. The molecule has 11 aromatic rings. The van der Waals surface area contributed by atoms with Crippen LogP contribution in [0, 0.1) is 0 Å². The van der Waals surface area contributed by atoms with Gasteiger partial charge >= 0.3 is 0 Å².